The van der Waals surface area contributed by atoms with Crippen molar-refractivity contribution >= 4 is 15.7 Å². The second-order valence-corrected chi connectivity index (χ2v) is 4.52. The highest BCUT2D eigenvalue weighted by Crippen LogP contribution is 2.05. The summed E-state index contributed by atoms with van der Waals surface area (Å²) < 4.78 is 23.8. The van der Waals surface area contributed by atoms with E-state index in [1.165, 1.54) is 12.3 Å². The first kappa shape index (κ1) is 9.79. The fraction of sp³-hybridized carbons (Fsp3) is 0.286. The number of sulfonamides is 1. The largest absolute Gasteiger partial charge is 0.327 e. The molecule has 0 amide bonds. The number of rotatable bonds is 2. The van der Waals surface area contributed by atoms with Gasteiger partial charge in [0.2, 0.25) is 10.0 Å². The predicted octanol–water partition coefficient (Wildman–Crippen LogP) is 0.0548. The summed E-state index contributed by atoms with van der Waals surface area (Å²) in [4.78, 5) is 13.3. The van der Waals surface area contributed by atoms with E-state index in [2.05, 4.69) is 9.71 Å². The number of hydrogen-bond acceptors (Lipinski definition) is 3. The van der Waals surface area contributed by atoms with Crippen molar-refractivity contribution in [2.75, 3.05) is 11.0 Å². The standard InChI is InChI=1S/C7H10N2O3S/c1-5-3-6(4-8-7(5)10)9-13(2,11)12/h3-4,9H,1-2H3,(H,8,10). The van der Waals surface area contributed by atoms with Crippen LogP contribution in [-0.2, 0) is 10.0 Å². The number of nitrogens with one attached hydrogen (secondary N) is 2. The number of hydrogen-bond donors (Lipinski definition) is 2. The summed E-state index contributed by atoms with van der Waals surface area (Å²) in [5.41, 5.74) is 0.604. The van der Waals surface area contributed by atoms with E-state index in [0.29, 0.717) is 11.3 Å². The van der Waals surface area contributed by atoms with Crippen molar-refractivity contribution < 1.29 is 8.42 Å². The van der Waals surface area contributed by atoms with E-state index in [9.17, 15) is 13.2 Å². The lowest BCUT2D eigenvalue weighted by Gasteiger charge is -2.02. The fourth-order valence-corrected chi connectivity index (χ4v) is 1.42. The van der Waals surface area contributed by atoms with Gasteiger partial charge in [0.1, 0.15) is 0 Å². The second kappa shape index (κ2) is 3.21. The first-order valence-electron chi connectivity index (χ1n) is 3.55. The van der Waals surface area contributed by atoms with Gasteiger partial charge in [-0.15, -0.1) is 0 Å². The number of H-pyrrole nitrogens is 1. The van der Waals surface area contributed by atoms with Crippen LogP contribution in [0.25, 0.3) is 0 Å². The maximum atomic E-state index is 10.9. The van der Waals surface area contributed by atoms with Gasteiger partial charge < -0.3 is 4.98 Å². The van der Waals surface area contributed by atoms with Crippen LogP contribution in [0.4, 0.5) is 5.69 Å². The van der Waals surface area contributed by atoms with Crippen molar-refractivity contribution in [3.8, 4) is 0 Å². The molecule has 1 aromatic rings. The highest BCUT2D eigenvalue weighted by atomic mass is 32.2. The Bertz CT molecular complexity index is 461. The van der Waals surface area contributed by atoms with Gasteiger partial charge in [0.15, 0.2) is 0 Å². The average molecular weight is 202 g/mol. The molecule has 6 heteroatoms. The molecule has 0 aliphatic carbocycles. The van der Waals surface area contributed by atoms with Crippen LogP contribution in [0.1, 0.15) is 5.56 Å². The third-order valence-corrected chi connectivity index (χ3v) is 2.00. The molecule has 0 unspecified atom stereocenters. The number of aromatic amines is 1. The molecule has 0 saturated heterocycles. The van der Waals surface area contributed by atoms with Crippen LogP contribution < -0.4 is 10.3 Å². The molecular weight excluding hydrogens is 192 g/mol. The van der Waals surface area contributed by atoms with E-state index in [0.717, 1.165) is 6.26 Å². The molecule has 1 aromatic heterocycles. The highest BCUT2D eigenvalue weighted by Gasteiger charge is 2.02. The van der Waals surface area contributed by atoms with Crippen molar-refractivity contribution in [1.82, 2.24) is 4.98 Å². The summed E-state index contributed by atoms with van der Waals surface area (Å²) in [5, 5.41) is 0. The van der Waals surface area contributed by atoms with E-state index in [1.807, 2.05) is 0 Å². The zero-order valence-electron chi connectivity index (χ0n) is 7.29. The molecule has 72 valence electrons. The van der Waals surface area contributed by atoms with Crippen molar-refractivity contribution in [3.63, 3.8) is 0 Å². The minimum absolute atomic E-state index is 0.223. The molecule has 0 saturated carbocycles. The van der Waals surface area contributed by atoms with Crippen LogP contribution in [0.2, 0.25) is 0 Å². The van der Waals surface area contributed by atoms with Crippen molar-refractivity contribution in [3.05, 3.63) is 28.2 Å². The zero-order chi connectivity index (χ0) is 10.1. The molecule has 5 nitrogen and oxygen atoms in total. The third kappa shape index (κ3) is 2.90. The van der Waals surface area contributed by atoms with Gasteiger partial charge in [-0.3, -0.25) is 9.52 Å². The van der Waals surface area contributed by atoms with Gasteiger partial charge in [0.25, 0.3) is 5.56 Å². The molecule has 0 atom stereocenters. The monoisotopic (exact) mass is 202 g/mol. The summed E-state index contributed by atoms with van der Waals surface area (Å²) >= 11 is 0. The minimum atomic E-state index is -3.28. The van der Waals surface area contributed by atoms with Gasteiger partial charge in [-0.25, -0.2) is 8.42 Å². The highest BCUT2D eigenvalue weighted by molar-refractivity contribution is 7.92. The van der Waals surface area contributed by atoms with Crippen molar-refractivity contribution in [2.24, 2.45) is 0 Å². The zero-order valence-corrected chi connectivity index (χ0v) is 8.10. The molecule has 0 bridgehead atoms. The number of anilines is 1. The smallest absolute Gasteiger partial charge is 0.250 e. The number of aromatic nitrogens is 1. The first-order chi connectivity index (χ1) is 5.88. The SMILES string of the molecule is Cc1cc(NS(C)(=O)=O)c[nH]c1=O. The normalized spacial score (nSPS) is 11.2. The Labute approximate surface area is 75.9 Å². The van der Waals surface area contributed by atoms with Gasteiger partial charge in [-0.1, -0.05) is 0 Å². The van der Waals surface area contributed by atoms with Crippen LogP contribution in [0.5, 0.6) is 0 Å². The Balaban J connectivity index is 3.06. The van der Waals surface area contributed by atoms with Gasteiger partial charge in [-0.2, -0.15) is 0 Å². The lowest BCUT2D eigenvalue weighted by atomic mass is 10.3. The molecule has 0 aliphatic rings. The molecule has 0 aliphatic heterocycles. The van der Waals surface area contributed by atoms with Gasteiger partial charge in [-0.05, 0) is 13.0 Å². The Hall–Kier alpha value is -1.30. The van der Waals surface area contributed by atoms with Crippen molar-refractivity contribution in [1.29, 1.82) is 0 Å². The fourth-order valence-electron chi connectivity index (χ4n) is 0.871. The van der Waals surface area contributed by atoms with Gasteiger partial charge >= 0.3 is 0 Å². The average Bonchev–Trinajstić information content (AvgIpc) is 1.94. The van der Waals surface area contributed by atoms with Crippen LogP contribution in [0, 0.1) is 6.92 Å². The molecule has 0 aromatic carbocycles. The van der Waals surface area contributed by atoms with Crippen LogP contribution in [0.15, 0.2) is 17.1 Å². The molecule has 1 rings (SSSR count). The Morgan fingerprint density at radius 3 is 2.54 bits per heavy atom. The van der Waals surface area contributed by atoms with Gasteiger partial charge in [0, 0.05) is 11.8 Å². The number of aryl methyl sites for hydroxylation is 1. The van der Waals surface area contributed by atoms with E-state index in [4.69, 9.17) is 0 Å². The molecule has 1 heterocycles. The van der Waals surface area contributed by atoms with E-state index < -0.39 is 10.0 Å². The van der Waals surface area contributed by atoms with Crippen LogP contribution in [0.3, 0.4) is 0 Å². The predicted molar refractivity (Wildman–Crippen MR) is 50.3 cm³/mol. The summed E-state index contributed by atoms with van der Waals surface area (Å²) in [5.74, 6) is 0. The third-order valence-electron chi connectivity index (χ3n) is 1.39. The molecule has 0 fully saturated rings. The van der Waals surface area contributed by atoms with Gasteiger partial charge in [0.05, 0.1) is 11.9 Å². The lowest BCUT2D eigenvalue weighted by molar-refractivity contribution is 0.607. The van der Waals surface area contributed by atoms with E-state index in [1.54, 1.807) is 6.92 Å². The van der Waals surface area contributed by atoms with E-state index in [-0.39, 0.29) is 5.56 Å². The Morgan fingerprint density at radius 1 is 1.46 bits per heavy atom. The maximum absolute atomic E-state index is 10.9. The minimum Gasteiger partial charge on any atom is -0.327 e. The molecule has 2 N–H and O–H groups in total. The second-order valence-electron chi connectivity index (χ2n) is 2.77. The quantitative estimate of drug-likeness (QED) is 0.711. The van der Waals surface area contributed by atoms with Crippen LogP contribution in [-0.4, -0.2) is 19.7 Å². The van der Waals surface area contributed by atoms with E-state index >= 15 is 0 Å². The van der Waals surface area contributed by atoms with Crippen molar-refractivity contribution in [2.45, 2.75) is 6.92 Å². The van der Waals surface area contributed by atoms with Crippen LogP contribution >= 0.6 is 0 Å². The maximum Gasteiger partial charge on any atom is 0.250 e. The topological polar surface area (TPSA) is 79.0 Å². The lowest BCUT2D eigenvalue weighted by Crippen LogP contribution is -2.13. The molecular formula is C7H10N2O3S. The summed E-state index contributed by atoms with van der Waals surface area (Å²) in [7, 11) is -3.28. The first-order valence-corrected chi connectivity index (χ1v) is 5.45. The Kier molecular flexibility index (Phi) is 2.42. The molecule has 13 heavy (non-hydrogen) atoms. The summed E-state index contributed by atoms with van der Waals surface area (Å²) in [6.45, 7) is 1.60. The molecule has 0 spiro atoms. The molecule has 0 radical (unpaired) electrons. The summed E-state index contributed by atoms with van der Waals surface area (Å²) in [6, 6.07) is 1.47. The number of pyridine rings is 1. The summed E-state index contributed by atoms with van der Waals surface area (Å²) in [6.07, 6.45) is 2.36. The Morgan fingerprint density at radius 2 is 2.08 bits per heavy atom.